The van der Waals surface area contributed by atoms with Crippen molar-refractivity contribution >= 4 is 45.3 Å². The van der Waals surface area contributed by atoms with Crippen molar-refractivity contribution in [1.82, 2.24) is 25.3 Å². The van der Waals surface area contributed by atoms with Crippen molar-refractivity contribution in [1.29, 1.82) is 0 Å². The molecule has 0 atom stereocenters. The van der Waals surface area contributed by atoms with Crippen LogP contribution in [-0.4, -0.2) is 38.9 Å². The van der Waals surface area contributed by atoms with Crippen LogP contribution in [0.25, 0.3) is 10.9 Å². The molecule has 2 amide bonds. The number of hydrogen-bond acceptors (Lipinski definition) is 6. The van der Waals surface area contributed by atoms with Gasteiger partial charge in [-0.1, -0.05) is 29.4 Å². The Balaban J connectivity index is 1.48. The average molecular weight is 573 g/mol. The predicted octanol–water partition coefficient (Wildman–Crippen LogP) is 2.32. The number of benzene rings is 2. The fraction of sp³-hybridized carbons (Fsp3) is 0.174. The van der Waals surface area contributed by atoms with Crippen LogP contribution < -0.4 is 16.6 Å². The molecule has 2 aromatic carbocycles. The predicted molar refractivity (Wildman–Crippen MR) is 133 cm³/mol. The number of halogens is 1. The van der Waals surface area contributed by atoms with Gasteiger partial charge in [0.25, 0.3) is 17.4 Å². The number of carbonyl (C=O) groups excluding carboxylic acids is 2. The van der Waals surface area contributed by atoms with Gasteiger partial charge in [-0.2, -0.15) is 0 Å². The minimum Gasteiger partial charge on any atom is -0.360 e. The first-order valence-electron chi connectivity index (χ1n) is 10.2. The summed E-state index contributed by atoms with van der Waals surface area (Å²) >= 11 is 2.03. The standard InChI is InChI=1S/C23H20IN5O5/c1-12-18(24)19(28-34-12)22(32)29(2)11-15-6-4-3-5-14(15)10-25-20(30)13-7-8-17-16(9-13)21(31)27-23(33)26-17/h3-9H,10-11H2,1-2H3,(H,25,30)(H2,26,27,31,33). The van der Waals surface area contributed by atoms with Gasteiger partial charge in [-0.15, -0.1) is 0 Å². The molecule has 0 radical (unpaired) electrons. The van der Waals surface area contributed by atoms with E-state index in [1.54, 1.807) is 14.0 Å². The lowest BCUT2D eigenvalue weighted by atomic mass is 10.1. The number of hydrogen-bond donors (Lipinski definition) is 3. The maximum atomic E-state index is 12.8. The molecule has 2 aromatic heterocycles. The third-order valence-corrected chi connectivity index (χ3v) is 6.58. The number of carbonyl (C=O) groups is 2. The van der Waals surface area contributed by atoms with Gasteiger partial charge in [0, 0.05) is 25.7 Å². The largest absolute Gasteiger partial charge is 0.360 e. The van der Waals surface area contributed by atoms with Gasteiger partial charge in [0.05, 0.1) is 14.5 Å². The summed E-state index contributed by atoms with van der Waals surface area (Å²) in [6.45, 7) is 2.28. The lowest BCUT2D eigenvalue weighted by molar-refractivity contribution is 0.0772. The highest BCUT2D eigenvalue weighted by Crippen LogP contribution is 2.19. The number of aromatic amines is 2. The Labute approximate surface area is 206 Å². The highest BCUT2D eigenvalue weighted by molar-refractivity contribution is 14.1. The molecule has 3 N–H and O–H groups in total. The van der Waals surface area contributed by atoms with Crippen molar-refractivity contribution in [3.05, 3.63) is 95.0 Å². The van der Waals surface area contributed by atoms with Gasteiger partial charge < -0.3 is 19.7 Å². The molecule has 2 heterocycles. The van der Waals surface area contributed by atoms with Gasteiger partial charge in [-0.25, -0.2) is 4.79 Å². The SMILES string of the molecule is Cc1onc(C(=O)N(C)Cc2ccccc2CNC(=O)c2ccc3[nH]c(=O)[nH]c(=O)c3c2)c1I. The van der Waals surface area contributed by atoms with E-state index in [1.165, 1.54) is 23.1 Å². The first-order chi connectivity index (χ1) is 16.2. The smallest absolute Gasteiger partial charge is 0.326 e. The Morgan fingerprint density at radius 3 is 2.56 bits per heavy atom. The quantitative estimate of drug-likeness (QED) is 0.303. The zero-order valence-corrected chi connectivity index (χ0v) is 20.4. The minimum absolute atomic E-state index is 0.213. The molecule has 0 fully saturated rings. The number of nitrogens with one attached hydrogen (secondary N) is 3. The molecule has 0 aliphatic heterocycles. The number of H-pyrrole nitrogens is 2. The molecule has 0 saturated heterocycles. The summed E-state index contributed by atoms with van der Waals surface area (Å²) in [5.74, 6) is -0.0543. The Morgan fingerprint density at radius 1 is 1.12 bits per heavy atom. The van der Waals surface area contributed by atoms with E-state index in [4.69, 9.17) is 4.52 Å². The van der Waals surface area contributed by atoms with Crippen LogP contribution in [0, 0.1) is 10.5 Å². The zero-order chi connectivity index (χ0) is 24.4. The lowest BCUT2D eigenvalue weighted by Gasteiger charge is -2.18. The Hall–Kier alpha value is -3.74. The van der Waals surface area contributed by atoms with E-state index in [0.717, 1.165) is 11.1 Å². The third-order valence-electron chi connectivity index (χ3n) is 5.31. The summed E-state index contributed by atoms with van der Waals surface area (Å²) in [4.78, 5) is 55.2. The fourth-order valence-corrected chi connectivity index (χ4v) is 3.90. The summed E-state index contributed by atoms with van der Waals surface area (Å²) in [5, 5.41) is 6.91. The van der Waals surface area contributed by atoms with E-state index in [9.17, 15) is 19.2 Å². The van der Waals surface area contributed by atoms with Crippen LogP contribution in [-0.2, 0) is 13.1 Å². The second-order valence-corrected chi connectivity index (χ2v) is 8.76. The van der Waals surface area contributed by atoms with E-state index < -0.39 is 11.2 Å². The van der Waals surface area contributed by atoms with E-state index in [2.05, 4.69) is 20.4 Å². The maximum absolute atomic E-state index is 12.8. The van der Waals surface area contributed by atoms with E-state index in [-0.39, 0.29) is 35.0 Å². The number of aryl methyl sites for hydroxylation is 1. The number of rotatable bonds is 6. The van der Waals surface area contributed by atoms with Crippen LogP contribution in [0.3, 0.4) is 0 Å². The van der Waals surface area contributed by atoms with Crippen LogP contribution in [0.2, 0.25) is 0 Å². The molecule has 0 saturated carbocycles. The topological polar surface area (TPSA) is 141 Å². The summed E-state index contributed by atoms with van der Waals surface area (Å²) in [7, 11) is 1.68. The van der Waals surface area contributed by atoms with Crippen molar-refractivity contribution in [3.63, 3.8) is 0 Å². The summed E-state index contributed by atoms with van der Waals surface area (Å²) < 4.78 is 5.77. The Kier molecular flexibility index (Phi) is 6.63. The van der Waals surface area contributed by atoms with Gasteiger partial charge in [0.2, 0.25) is 0 Å². The molecule has 0 aliphatic rings. The number of fused-ring (bicyclic) bond motifs is 1. The van der Waals surface area contributed by atoms with Crippen molar-refractivity contribution in [2.45, 2.75) is 20.0 Å². The fourth-order valence-electron chi connectivity index (χ4n) is 3.47. The van der Waals surface area contributed by atoms with Crippen molar-refractivity contribution in [2.24, 2.45) is 0 Å². The van der Waals surface area contributed by atoms with Crippen LogP contribution >= 0.6 is 22.6 Å². The van der Waals surface area contributed by atoms with Gasteiger partial charge >= 0.3 is 5.69 Å². The number of aromatic nitrogens is 3. The molecule has 10 nitrogen and oxygen atoms in total. The summed E-state index contributed by atoms with van der Waals surface area (Å²) in [6.07, 6.45) is 0. The van der Waals surface area contributed by atoms with Crippen LogP contribution in [0.1, 0.15) is 37.7 Å². The normalized spacial score (nSPS) is 10.9. The first kappa shape index (κ1) is 23.4. The Bertz CT molecular complexity index is 1520. The highest BCUT2D eigenvalue weighted by Gasteiger charge is 2.22. The van der Waals surface area contributed by atoms with Crippen LogP contribution in [0.4, 0.5) is 0 Å². The first-order valence-corrected chi connectivity index (χ1v) is 11.3. The second-order valence-electron chi connectivity index (χ2n) is 7.68. The van der Waals surface area contributed by atoms with Crippen LogP contribution in [0.5, 0.6) is 0 Å². The van der Waals surface area contributed by atoms with Crippen molar-refractivity contribution in [3.8, 4) is 0 Å². The molecule has 174 valence electrons. The van der Waals surface area contributed by atoms with E-state index in [0.29, 0.717) is 21.4 Å². The van der Waals surface area contributed by atoms with Gasteiger partial charge in [-0.05, 0) is 58.8 Å². The van der Waals surface area contributed by atoms with Gasteiger partial charge in [-0.3, -0.25) is 19.4 Å². The van der Waals surface area contributed by atoms with E-state index in [1.807, 2.05) is 46.9 Å². The lowest BCUT2D eigenvalue weighted by Crippen LogP contribution is -2.29. The van der Waals surface area contributed by atoms with Crippen LogP contribution in [0.15, 0.2) is 56.6 Å². The molecule has 4 rings (SSSR count). The van der Waals surface area contributed by atoms with E-state index >= 15 is 0 Å². The molecule has 0 aliphatic carbocycles. The molecule has 0 spiro atoms. The molecule has 4 aromatic rings. The Morgan fingerprint density at radius 2 is 1.85 bits per heavy atom. The molecule has 0 bridgehead atoms. The van der Waals surface area contributed by atoms with Gasteiger partial charge in [0.1, 0.15) is 5.76 Å². The number of nitrogens with zero attached hydrogens (tertiary/aromatic N) is 2. The second kappa shape index (κ2) is 9.63. The monoisotopic (exact) mass is 573 g/mol. The average Bonchev–Trinajstić information content (AvgIpc) is 3.15. The van der Waals surface area contributed by atoms with Crippen molar-refractivity contribution < 1.29 is 14.1 Å². The molecule has 11 heteroatoms. The van der Waals surface area contributed by atoms with Gasteiger partial charge in [0.15, 0.2) is 5.69 Å². The highest BCUT2D eigenvalue weighted by atomic mass is 127. The maximum Gasteiger partial charge on any atom is 0.326 e. The molecule has 34 heavy (non-hydrogen) atoms. The third kappa shape index (κ3) is 4.78. The minimum atomic E-state index is -0.608. The number of amides is 2. The molecule has 0 unspecified atom stereocenters. The molecular weight excluding hydrogens is 553 g/mol. The zero-order valence-electron chi connectivity index (χ0n) is 18.3. The molecular formula is C23H20IN5O5. The summed E-state index contributed by atoms with van der Waals surface area (Å²) in [6, 6.07) is 11.9. The van der Waals surface area contributed by atoms with Crippen molar-refractivity contribution in [2.75, 3.05) is 7.05 Å². The summed E-state index contributed by atoms with van der Waals surface area (Å²) in [5.41, 5.74) is 1.42.